The second kappa shape index (κ2) is 10.0. The van der Waals surface area contributed by atoms with Gasteiger partial charge in [-0.25, -0.2) is 0 Å². The summed E-state index contributed by atoms with van der Waals surface area (Å²) < 4.78 is 10.9. The Morgan fingerprint density at radius 3 is 2.92 bits per heavy atom. The number of hydrogen-bond acceptors (Lipinski definition) is 4. The van der Waals surface area contributed by atoms with Crippen LogP contribution in [0.3, 0.4) is 0 Å². The van der Waals surface area contributed by atoms with Crippen LogP contribution in [0.15, 0.2) is 29.3 Å². The highest BCUT2D eigenvalue weighted by Crippen LogP contribution is 2.24. The SMILES string of the molecule is CN=C(NCC(=O)NCCOC)N1CCOC(c2ccccc2C)C1. The second-order valence-electron chi connectivity index (χ2n) is 5.91. The Morgan fingerprint density at radius 2 is 2.20 bits per heavy atom. The number of ether oxygens (including phenoxy) is 2. The molecule has 1 amide bonds. The number of carbonyl (C=O) groups is 1. The first kappa shape index (κ1) is 19.2. The van der Waals surface area contributed by atoms with Crippen LogP contribution in [0.1, 0.15) is 17.2 Å². The minimum absolute atomic E-state index is 0.00373. The van der Waals surface area contributed by atoms with Crippen LogP contribution in [0.2, 0.25) is 0 Å². The van der Waals surface area contributed by atoms with Gasteiger partial charge >= 0.3 is 0 Å². The third kappa shape index (κ3) is 5.72. The summed E-state index contributed by atoms with van der Waals surface area (Å²) in [6, 6.07) is 8.25. The van der Waals surface area contributed by atoms with Gasteiger partial charge in [-0.3, -0.25) is 9.79 Å². The topological polar surface area (TPSA) is 75.2 Å². The van der Waals surface area contributed by atoms with Crippen molar-refractivity contribution in [2.45, 2.75) is 13.0 Å². The molecule has 2 rings (SSSR count). The number of rotatable bonds is 6. The summed E-state index contributed by atoms with van der Waals surface area (Å²) in [5, 5.41) is 5.90. The Bertz CT molecular complexity index is 591. The van der Waals surface area contributed by atoms with Gasteiger partial charge in [-0.1, -0.05) is 24.3 Å². The minimum Gasteiger partial charge on any atom is -0.383 e. The van der Waals surface area contributed by atoms with Crippen LogP contribution < -0.4 is 10.6 Å². The highest BCUT2D eigenvalue weighted by Gasteiger charge is 2.25. The molecular formula is C18H28N4O3. The zero-order valence-electron chi connectivity index (χ0n) is 15.2. The molecule has 1 saturated heterocycles. The number of benzene rings is 1. The molecule has 1 heterocycles. The number of hydrogen-bond donors (Lipinski definition) is 2. The summed E-state index contributed by atoms with van der Waals surface area (Å²) >= 11 is 0. The molecule has 7 nitrogen and oxygen atoms in total. The number of guanidine groups is 1. The van der Waals surface area contributed by atoms with Crippen molar-refractivity contribution in [2.24, 2.45) is 4.99 Å². The number of nitrogens with one attached hydrogen (secondary N) is 2. The smallest absolute Gasteiger partial charge is 0.239 e. The first-order chi connectivity index (χ1) is 12.2. The van der Waals surface area contributed by atoms with Crippen LogP contribution in [0, 0.1) is 6.92 Å². The van der Waals surface area contributed by atoms with Crippen molar-refractivity contribution in [3.63, 3.8) is 0 Å². The van der Waals surface area contributed by atoms with E-state index in [1.54, 1.807) is 14.2 Å². The molecule has 1 aliphatic rings. The van der Waals surface area contributed by atoms with E-state index < -0.39 is 0 Å². The minimum atomic E-state index is -0.0816. The fraction of sp³-hybridized carbons (Fsp3) is 0.556. The number of amides is 1. The van der Waals surface area contributed by atoms with Crippen molar-refractivity contribution in [1.29, 1.82) is 0 Å². The molecule has 1 unspecified atom stereocenters. The molecule has 1 aromatic carbocycles. The molecule has 1 atom stereocenters. The molecule has 0 spiro atoms. The third-order valence-electron chi connectivity index (χ3n) is 4.15. The molecule has 7 heteroatoms. The first-order valence-electron chi connectivity index (χ1n) is 8.54. The lowest BCUT2D eigenvalue weighted by atomic mass is 10.0. The monoisotopic (exact) mass is 348 g/mol. The molecule has 0 aliphatic carbocycles. The number of carbonyl (C=O) groups excluding carboxylic acids is 1. The van der Waals surface area contributed by atoms with Gasteiger partial charge in [-0.15, -0.1) is 0 Å². The Kier molecular flexibility index (Phi) is 7.69. The molecule has 0 bridgehead atoms. The maximum atomic E-state index is 11.8. The standard InChI is InChI=1S/C18H28N4O3/c1-14-6-4-5-7-15(14)16-13-22(9-11-25-16)18(19-2)21-12-17(23)20-8-10-24-3/h4-7,16H,8-13H2,1-3H3,(H,19,21)(H,20,23). The van der Waals surface area contributed by atoms with E-state index >= 15 is 0 Å². The van der Waals surface area contributed by atoms with Gasteiger partial charge in [0.2, 0.25) is 5.91 Å². The van der Waals surface area contributed by atoms with Crippen LogP contribution in [0.25, 0.3) is 0 Å². The number of methoxy groups -OCH3 is 1. The van der Waals surface area contributed by atoms with Crippen LogP contribution in [-0.2, 0) is 14.3 Å². The van der Waals surface area contributed by atoms with Gasteiger partial charge in [0.25, 0.3) is 0 Å². The Morgan fingerprint density at radius 1 is 1.40 bits per heavy atom. The van der Waals surface area contributed by atoms with Gasteiger partial charge < -0.3 is 25.0 Å². The lowest BCUT2D eigenvalue weighted by Crippen LogP contribution is -2.50. The lowest BCUT2D eigenvalue weighted by molar-refractivity contribution is -0.120. The Balaban J connectivity index is 1.90. The summed E-state index contributed by atoms with van der Waals surface area (Å²) in [5.41, 5.74) is 2.41. The Hall–Kier alpha value is -2.12. The summed E-state index contributed by atoms with van der Waals surface area (Å²) in [4.78, 5) is 18.3. The van der Waals surface area contributed by atoms with E-state index in [-0.39, 0.29) is 18.6 Å². The normalized spacial score (nSPS) is 18.1. The number of morpholine rings is 1. The van der Waals surface area contributed by atoms with Crippen LogP contribution in [-0.4, -0.2) is 70.3 Å². The highest BCUT2D eigenvalue weighted by molar-refractivity contribution is 5.86. The van der Waals surface area contributed by atoms with E-state index in [9.17, 15) is 4.79 Å². The fourth-order valence-electron chi connectivity index (χ4n) is 2.82. The Labute approximate surface area is 149 Å². The maximum absolute atomic E-state index is 11.8. The average Bonchev–Trinajstić information content (AvgIpc) is 2.63. The van der Waals surface area contributed by atoms with Crippen molar-refractivity contribution in [1.82, 2.24) is 15.5 Å². The molecule has 1 aromatic rings. The van der Waals surface area contributed by atoms with E-state index in [1.807, 2.05) is 12.1 Å². The molecule has 25 heavy (non-hydrogen) atoms. The lowest BCUT2D eigenvalue weighted by Gasteiger charge is -2.35. The van der Waals surface area contributed by atoms with Crippen molar-refractivity contribution in [3.05, 3.63) is 35.4 Å². The summed E-state index contributed by atoms with van der Waals surface area (Å²) in [6.45, 7) is 5.35. The van der Waals surface area contributed by atoms with Crippen molar-refractivity contribution < 1.29 is 14.3 Å². The predicted molar refractivity (Wildman–Crippen MR) is 97.7 cm³/mol. The zero-order chi connectivity index (χ0) is 18.1. The van der Waals surface area contributed by atoms with Gasteiger partial charge in [-0.2, -0.15) is 0 Å². The van der Waals surface area contributed by atoms with Gasteiger partial charge in [-0.05, 0) is 18.1 Å². The summed E-state index contributed by atoms with van der Waals surface area (Å²) in [6.07, 6.45) is 0.00373. The molecule has 0 radical (unpaired) electrons. The molecular weight excluding hydrogens is 320 g/mol. The van der Waals surface area contributed by atoms with Gasteiger partial charge in [0.05, 0.1) is 26.3 Å². The summed E-state index contributed by atoms with van der Waals surface area (Å²) in [5.74, 6) is 0.630. The van der Waals surface area contributed by atoms with E-state index in [4.69, 9.17) is 9.47 Å². The maximum Gasteiger partial charge on any atom is 0.239 e. The van der Waals surface area contributed by atoms with Crippen molar-refractivity contribution in [2.75, 3.05) is 53.6 Å². The predicted octanol–water partition coefficient (Wildman–Crippen LogP) is 0.706. The first-order valence-corrected chi connectivity index (χ1v) is 8.54. The molecule has 138 valence electrons. The van der Waals surface area contributed by atoms with E-state index in [0.717, 1.165) is 6.54 Å². The quantitative estimate of drug-likeness (QED) is 0.450. The second-order valence-corrected chi connectivity index (χ2v) is 5.91. The number of nitrogens with zero attached hydrogens (tertiary/aromatic N) is 2. The molecule has 1 aliphatic heterocycles. The molecule has 0 aromatic heterocycles. The zero-order valence-corrected chi connectivity index (χ0v) is 15.2. The van der Waals surface area contributed by atoms with Crippen molar-refractivity contribution >= 4 is 11.9 Å². The van der Waals surface area contributed by atoms with E-state index in [1.165, 1.54) is 11.1 Å². The number of aliphatic imine (C=N–C) groups is 1. The van der Waals surface area contributed by atoms with Crippen LogP contribution >= 0.6 is 0 Å². The van der Waals surface area contributed by atoms with E-state index in [2.05, 4.69) is 39.6 Å². The molecule has 2 N–H and O–H groups in total. The average molecular weight is 348 g/mol. The van der Waals surface area contributed by atoms with Crippen molar-refractivity contribution in [3.8, 4) is 0 Å². The largest absolute Gasteiger partial charge is 0.383 e. The van der Waals surface area contributed by atoms with Crippen LogP contribution in [0.4, 0.5) is 0 Å². The summed E-state index contributed by atoms with van der Waals surface area (Å²) in [7, 11) is 3.33. The molecule has 1 fully saturated rings. The van der Waals surface area contributed by atoms with Crippen LogP contribution in [0.5, 0.6) is 0 Å². The van der Waals surface area contributed by atoms with Gasteiger partial charge in [0, 0.05) is 27.2 Å². The fourth-order valence-corrected chi connectivity index (χ4v) is 2.82. The third-order valence-corrected chi connectivity index (χ3v) is 4.15. The number of aryl methyl sites for hydroxylation is 1. The molecule has 0 saturated carbocycles. The van der Waals surface area contributed by atoms with Gasteiger partial charge in [0.1, 0.15) is 6.10 Å². The van der Waals surface area contributed by atoms with E-state index in [0.29, 0.717) is 32.3 Å². The van der Waals surface area contributed by atoms with Gasteiger partial charge in [0.15, 0.2) is 5.96 Å². The highest BCUT2D eigenvalue weighted by atomic mass is 16.5.